The fourth-order valence-corrected chi connectivity index (χ4v) is 5.52. The van der Waals surface area contributed by atoms with Crippen LogP contribution in [0.2, 0.25) is 0 Å². The van der Waals surface area contributed by atoms with Crippen LogP contribution >= 0.6 is 0 Å². The molecule has 4 rings (SSSR count). The SMILES string of the molecule is CC(=O)[C@@H]1CCOc2ccc(NC(=O)[C@H](C)n3cc(N4CCNCC4)nn3)cc2C(=O)N[C@@H](CCC(=O)O)C(=O)N[C@@H](CCCCN)C(=O)N1. The van der Waals surface area contributed by atoms with E-state index in [1.54, 1.807) is 13.1 Å². The number of rotatable bonds is 12. The Morgan fingerprint density at radius 2 is 1.78 bits per heavy atom. The van der Waals surface area contributed by atoms with E-state index in [9.17, 15) is 33.9 Å². The lowest BCUT2D eigenvalue weighted by Gasteiger charge is -2.26. The highest BCUT2D eigenvalue weighted by Crippen LogP contribution is 2.25. The maximum Gasteiger partial charge on any atom is 0.303 e. The molecule has 4 amide bonds. The first kappa shape index (κ1) is 37.7. The molecule has 0 saturated carbocycles. The van der Waals surface area contributed by atoms with Crippen LogP contribution in [-0.2, 0) is 24.0 Å². The molecule has 18 nitrogen and oxygen atoms in total. The second kappa shape index (κ2) is 18.1. The van der Waals surface area contributed by atoms with Crippen molar-refractivity contribution in [1.82, 2.24) is 36.3 Å². The van der Waals surface area contributed by atoms with Crippen LogP contribution in [0.25, 0.3) is 0 Å². The third kappa shape index (κ3) is 10.4. The lowest BCUT2D eigenvalue weighted by atomic mass is 10.0. The lowest BCUT2D eigenvalue weighted by Crippen LogP contribution is -2.56. The fourth-order valence-electron chi connectivity index (χ4n) is 5.52. The van der Waals surface area contributed by atoms with Crippen molar-refractivity contribution in [1.29, 1.82) is 0 Å². The van der Waals surface area contributed by atoms with Gasteiger partial charge in [0.1, 0.15) is 23.9 Å². The summed E-state index contributed by atoms with van der Waals surface area (Å²) >= 11 is 0. The van der Waals surface area contributed by atoms with Gasteiger partial charge in [-0.1, -0.05) is 5.21 Å². The van der Waals surface area contributed by atoms with E-state index in [4.69, 9.17) is 10.5 Å². The van der Waals surface area contributed by atoms with Gasteiger partial charge in [0.2, 0.25) is 17.7 Å². The molecule has 1 fully saturated rings. The zero-order valence-corrected chi connectivity index (χ0v) is 28.3. The van der Waals surface area contributed by atoms with E-state index in [2.05, 4.69) is 41.8 Å². The predicted molar refractivity (Wildman–Crippen MR) is 181 cm³/mol. The van der Waals surface area contributed by atoms with E-state index >= 15 is 0 Å². The molecule has 1 aromatic heterocycles. The minimum Gasteiger partial charge on any atom is -0.493 e. The Morgan fingerprint density at radius 1 is 1.06 bits per heavy atom. The first-order chi connectivity index (χ1) is 24.0. The van der Waals surface area contributed by atoms with E-state index < -0.39 is 60.2 Å². The average molecular weight is 699 g/mol. The minimum absolute atomic E-state index is 0.0507. The number of fused-ring (bicyclic) bond motifs is 1. The van der Waals surface area contributed by atoms with Crippen molar-refractivity contribution in [2.24, 2.45) is 5.73 Å². The maximum absolute atomic E-state index is 13.7. The number of unbranched alkanes of at least 4 members (excludes halogenated alkanes) is 1. The molecular weight excluding hydrogens is 652 g/mol. The predicted octanol–water partition coefficient (Wildman–Crippen LogP) is -0.679. The zero-order valence-electron chi connectivity index (χ0n) is 28.3. The number of nitrogens with two attached hydrogens (primary N) is 1. The average Bonchev–Trinajstić information content (AvgIpc) is 3.59. The Balaban J connectivity index is 1.59. The standard InChI is InChI=1S/C32H46N10O8/c1-19(42-18-27(39-40-42)41-14-12-34-13-15-41)29(46)35-21-6-8-26-22(17-21)30(47)37-25(7-9-28(44)45)32(49)38-24(5-3-4-11-33)31(48)36-23(20(2)43)10-16-50-26/h6,8,17-19,23-25,34H,3-5,7,9-16,33H2,1-2H3,(H,35,46)(H,36,48)(H,37,47)(H,38,49)(H,44,45)/t19-,23-,24-,25-/m0/s1. The van der Waals surface area contributed by atoms with Crippen molar-refractivity contribution < 1.29 is 38.6 Å². The van der Waals surface area contributed by atoms with E-state index in [0.29, 0.717) is 25.2 Å². The van der Waals surface area contributed by atoms with E-state index in [1.807, 2.05) is 0 Å². The number of anilines is 2. The summed E-state index contributed by atoms with van der Waals surface area (Å²) in [5.74, 6) is -3.40. The summed E-state index contributed by atoms with van der Waals surface area (Å²) in [6.45, 7) is 6.42. The molecule has 0 spiro atoms. The molecule has 2 aliphatic rings. The van der Waals surface area contributed by atoms with Gasteiger partial charge in [-0.15, -0.1) is 5.10 Å². The number of aliphatic carboxylic acids is 1. The van der Waals surface area contributed by atoms with Gasteiger partial charge in [0.15, 0.2) is 11.6 Å². The summed E-state index contributed by atoms with van der Waals surface area (Å²) in [5, 5.41) is 31.6. The van der Waals surface area contributed by atoms with Crippen molar-refractivity contribution in [3.05, 3.63) is 30.0 Å². The summed E-state index contributed by atoms with van der Waals surface area (Å²) in [7, 11) is 0. The van der Waals surface area contributed by atoms with Crippen molar-refractivity contribution in [2.75, 3.05) is 49.5 Å². The van der Waals surface area contributed by atoms with Crippen LogP contribution < -0.4 is 42.0 Å². The van der Waals surface area contributed by atoms with E-state index in [-0.39, 0.29) is 48.7 Å². The molecule has 18 heteroatoms. The number of carboxylic acid groups (broad SMARTS) is 1. The number of ether oxygens (including phenoxy) is 1. The number of Topliss-reactive ketones (excluding diaryl/α,β-unsaturated/α-hetero) is 1. The molecule has 1 saturated heterocycles. The number of carbonyl (C=O) groups is 6. The number of nitrogens with zero attached hydrogens (tertiary/aromatic N) is 4. The van der Waals surface area contributed by atoms with Crippen LogP contribution in [0.3, 0.4) is 0 Å². The van der Waals surface area contributed by atoms with Gasteiger partial charge in [-0.25, -0.2) is 4.68 Å². The quantitative estimate of drug-likeness (QED) is 0.136. The summed E-state index contributed by atoms with van der Waals surface area (Å²) < 4.78 is 7.35. The van der Waals surface area contributed by atoms with Crippen LogP contribution in [0.15, 0.2) is 24.4 Å². The second-order valence-electron chi connectivity index (χ2n) is 12.3. The van der Waals surface area contributed by atoms with Crippen molar-refractivity contribution >= 4 is 46.9 Å². The van der Waals surface area contributed by atoms with Gasteiger partial charge in [-0.3, -0.25) is 28.8 Å². The number of aromatic nitrogens is 3. The molecule has 8 N–H and O–H groups in total. The minimum atomic E-state index is -1.35. The number of hydrogen-bond acceptors (Lipinski definition) is 12. The molecule has 2 aromatic rings. The monoisotopic (exact) mass is 698 g/mol. The lowest BCUT2D eigenvalue weighted by molar-refractivity contribution is -0.137. The Labute approximate surface area is 289 Å². The Bertz CT molecular complexity index is 1540. The van der Waals surface area contributed by atoms with Crippen molar-refractivity contribution in [3.8, 4) is 5.75 Å². The van der Waals surface area contributed by atoms with Gasteiger partial charge in [0, 0.05) is 44.7 Å². The summed E-state index contributed by atoms with van der Waals surface area (Å²) in [6.07, 6.45) is 2.30. The zero-order chi connectivity index (χ0) is 36.2. The Morgan fingerprint density at radius 3 is 2.48 bits per heavy atom. The Hall–Kier alpha value is -5.10. The van der Waals surface area contributed by atoms with Crippen LogP contribution in [-0.4, -0.2) is 113 Å². The first-order valence-corrected chi connectivity index (χ1v) is 16.8. The largest absolute Gasteiger partial charge is 0.493 e. The summed E-state index contributed by atoms with van der Waals surface area (Å²) in [6, 6.07) is 0.233. The normalized spacial score (nSPS) is 21.0. The molecule has 0 unspecified atom stereocenters. The third-order valence-electron chi connectivity index (χ3n) is 8.53. The molecule has 50 heavy (non-hydrogen) atoms. The molecule has 272 valence electrons. The van der Waals surface area contributed by atoms with Gasteiger partial charge in [-0.05, 0) is 64.3 Å². The van der Waals surface area contributed by atoms with Gasteiger partial charge >= 0.3 is 5.97 Å². The summed E-state index contributed by atoms with van der Waals surface area (Å²) in [4.78, 5) is 79.7. The molecule has 0 aliphatic carbocycles. The fraction of sp³-hybridized carbons (Fsp3) is 0.562. The number of ketones is 1. The van der Waals surface area contributed by atoms with Gasteiger partial charge in [0.05, 0.1) is 24.4 Å². The number of nitrogens with one attached hydrogen (secondary N) is 5. The van der Waals surface area contributed by atoms with Crippen molar-refractivity contribution in [2.45, 2.75) is 76.5 Å². The second-order valence-corrected chi connectivity index (χ2v) is 12.3. The van der Waals surface area contributed by atoms with Crippen LogP contribution in [0.5, 0.6) is 5.75 Å². The summed E-state index contributed by atoms with van der Waals surface area (Å²) in [5.41, 5.74) is 5.79. The number of carboxylic acids is 1. The van der Waals surface area contributed by atoms with Crippen molar-refractivity contribution in [3.63, 3.8) is 0 Å². The van der Waals surface area contributed by atoms with Crippen LogP contribution in [0, 0.1) is 0 Å². The van der Waals surface area contributed by atoms with E-state index in [0.717, 1.165) is 26.2 Å². The number of amides is 4. The molecule has 0 radical (unpaired) electrons. The van der Waals surface area contributed by atoms with E-state index in [1.165, 1.54) is 29.8 Å². The third-order valence-corrected chi connectivity index (χ3v) is 8.53. The highest BCUT2D eigenvalue weighted by atomic mass is 16.5. The van der Waals surface area contributed by atoms with Gasteiger partial charge in [0.25, 0.3) is 5.91 Å². The number of hydrogen-bond donors (Lipinski definition) is 7. The van der Waals surface area contributed by atoms with Crippen LogP contribution in [0.4, 0.5) is 11.5 Å². The van der Waals surface area contributed by atoms with Gasteiger partial charge in [-0.2, -0.15) is 0 Å². The maximum atomic E-state index is 13.7. The Kier molecular flexibility index (Phi) is 13.6. The molecule has 1 aromatic carbocycles. The van der Waals surface area contributed by atoms with Crippen LogP contribution in [0.1, 0.15) is 68.8 Å². The number of carbonyl (C=O) groups excluding carboxylic acids is 5. The molecule has 4 atom stereocenters. The highest BCUT2D eigenvalue weighted by molar-refractivity contribution is 6.02. The number of piperazine rings is 1. The molecule has 3 heterocycles. The smallest absolute Gasteiger partial charge is 0.303 e. The molecule has 2 aliphatic heterocycles. The topological polar surface area (TPSA) is 252 Å². The molecule has 0 bridgehead atoms. The molecular formula is C32H46N10O8. The first-order valence-electron chi connectivity index (χ1n) is 16.8. The highest BCUT2D eigenvalue weighted by Gasteiger charge is 2.31. The van der Waals surface area contributed by atoms with Gasteiger partial charge < -0.3 is 47.1 Å². The number of benzene rings is 1.